The van der Waals surface area contributed by atoms with E-state index in [2.05, 4.69) is 15.3 Å². The van der Waals surface area contributed by atoms with Gasteiger partial charge in [0.05, 0.1) is 5.56 Å². The lowest BCUT2D eigenvalue weighted by Crippen LogP contribution is -2.10. The van der Waals surface area contributed by atoms with Crippen LogP contribution < -0.4 is 11.1 Å². The number of nitrogens with two attached hydrogens (primary N) is 1. The Kier molecular flexibility index (Phi) is 6.85. The summed E-state index contributed by atoms with van der Waals surface area (Å²) in [6.07, 6.45) is -0.0556. The maximum absolute atomic E-state index is 12.6. The Hall–Kier alpha value is -3.95. The Bertz CT molecular complexity index is 995. The normalized spacial score (nSPS) is 10.4. The number of rotatable bonds is 4. The van der Waals surface area contributed by atoms with Gasteiger partial charge >= 0.3 is 12.1 Å². The number of primary amides is 1. The van der Waals surface area contributed by atoms with E-state index >= 15 is 0 Å². The van der Waals surface area contributed by atoms with Gasteiger partial charge in [-0.25, -0.2) is 9.78 Å². The lowest BCUT2D eigenvalue weighted by atomic mass is 10.2. The summed E-state index contributed by atoms with van der Waals surface area (Å²) in [6, 6.07) is 10.3. The first kappa shape index (κ1) is 21.4. The zero-order valence-corrected chi connectivity index (χ0v) is 14.7. The highest BCUT2D eigenvalue weighted by molar-refractivity contribution is 5.94. The van der Waals surface area contributed by atoms with Gasteiger partial charge in [0.1, 0.15) is 11.4 Å². The lowest BCUT2D eigenvalue weighted by Gasteiger charge is -2.11. The molecule has 4 N–H and O–H groups in total. The number of anilines is 2. The first-order valence-corrected chi connectivity index (χ1v) is 8.01. The minimum absolute atomic E-state index is 0.0145. The molecule has 1 amide bonds. The van der Waals surface area contributed by atoms with Crippen LogP contribution in [-0.4, -0.2) is 27.0 Å². The van der Waals surface area contributed by atoms with Crippen molar-refractivity contribution in [3.05, 3.63) is 83.8 Å². The third-order valence-electron chi connectivity index (χ3n) is 3.46. The smallest absolute Gasteiger partial charge is 0.416 e. The molecule has 150 valence electrons. The zero-order chi connectivity index (χ0) is 21.4. The molecule has 7 nitrogen and oxygen atoms in total. The van der Waals surface area contributed by atoms with Crippen LogP contribution in [0.4, 0.5) is 24.7 Å². The van der Waals surface area contributed by atoms with Gasteiger partial charge in [0.2, 0.25) is 5.91 Å². The van der Waals surface area contributed by atoms with E-state index < -0.39 is 23.6 Å². The minimum Gasteiger partial charge on any atom is -0.478 e. The molecule has 0 bridgehead atoms. The van der Waals surface area contributed by atoms with E-state index in [0.717, 1.165) is 12.1 Å². The van der Waals surface area contributed by atoms with Gasteiger partial charge < -0.3 is 16.2 Å². The van der Waals surface area contributed by atoms with Crippen molar-refractivity contribution in [1.29, 1.82) is 0 Å². The van der Waals surface area contributed by atoms with Crippen LogP contribution in [0.15, 0.2) is 67.1 Å². The second kappa shape index (κ2) is 9.31. The van der Waals surface area contributed by atoms with E-state index in [9.17, 15) is 22.8 Å². The van der Waals surface area contributed by atoms with Gasteiger partial charge in [-0.1, -0.05) is 6.07 Å². The molecule has 0 fully saturated rings. The molecule has 2 aromatic heterocycles. The summed E-state index contributed by atoms with van der Waals surface area (Å²) in [5.74, 6) is -1.65. The summed E-state index contributed by atoms with van der Waals surface area (Å²) < 4.78 is 37.7. The predicted octanol–water partition coefficient (Wildman–Crippen LogP) is 3.72. The van der Waals surface area contributed by atoms with Crippen LogP contribution in [0.3, 0.4) is 0 Å². The monoisotopic (exact) mass is 404 g/mol. The Balaban J connectivity index is 0.000000278. The molecular weight excluding hydrogens is 389 g/mol. The third-order valence-corrected chi connectivity index (χ3v) is 3.46. The van der Waals surface area contributed by atoms with Gasteiger partial charge in [0.15, 0.2) is 0 Å². The molecule has 29 heavy (non-hydrogen) atoms. The number of carbonyl (C=O) groups excluding carboxylic acids is 1. The Morgan fingerprint density at radius 2 is 1.69 bits per heavy atom. The number of carboxylic acids is 1. The van der Waals surface area contributed by atoms with E-state index in [1.807, 2.05) is 0 Å². The molecule has 0 saturated heterocycles. The fraction of sp³-hybridized carbons (Fsp3) is 0.0526. The average Bonchev–Trinajstić information content (AvgIpc) is 2.69. The van der Waals surface area contributed by atoms with E-state index in [1.165, 1.54) is 42.9 Å². The summed E-state index contributed by atoms with van der Waals surface area (Å²) in [7, 11) is 0. The molecule has 0 aliphatic carbocycles. The molecule has 0 aliphatic rings. The second-order valence-electron chi connectivity index (χ2n) is 5.51. The fourth-order valence-electron chi connectivity index (χ4n) is 2.10. The van der Waals surface area contributed by atoms with Crippen molar-refractivity contribution in [3.8, 4) is 0 Å². The number of carbonyl (C=O) groups is 2. The molecule has 1 aromatic carbocycles. The topological polar surface area (TPSA) is 118 Å². The van der Waals surface area contributed by atoms with E-state index in [-0.39, 0.29) is 17.1 Å². The quantitative estimate of drug-likeness (QED) is 0.610. The van der Waals surface area contributed by atoms with Crippen LogP contribution in [0.1, 0.15) is 26.3 Å². The predicted molar refractivity (Wildman–Crippen MR) is 98.7 cm³/mol. The van der Waals surface area contributed by atoms with Crippen LogP contribution in [0.2, 0.25) is 0 Å². The van der Waals surface area contributed by atoms with Gasteiger partial charge in [-0.3, -0.25) is 9.78 Å². The third kappa shape index (κ3) is 6.31. The molecule has 3 rings (SSSR count). The summed E-state index contributed by atoms with van der Waals surface area (Å²) in [5.41, 5.74) is 4.61. The van der Waals surface area contributed by atoms with Crippen molar-refractivity contribution < 1.29 is 27.9 Å². The highest BCUT2D eigenvalue weighted by Gasteiger charge is 2.30. The highest BCUT2D eigenvalue weighted by atomic mass is 19.4. The van der Waals surface area contributed by atoms with Gasteiger partial charge in [-0.05, 0) is 42.5 Å². The van der Waals surface area contributed by atoms with Crippen molar-refractivity contribution in [2.24, 2.45) is 5.73 Å². The van der Waals surface area contributed by atoms with Crippen LogP contribution in [0.5, 0.6) is 0 Å². The molecule has 0 saturated carbocycles. The molecule has 0 unspecified atom stereocenters. The van der Waals surface area contributed by atoms with Crippen molar-refractivity contribution >= 4 is 23.4 Å². The number of carboxylic acid groups (broad SMARTS) is 1. The standard InChI is InChI=1S/C13H9F3N2O2.C6H6N2O/c14-13(15,16)8-3-1-4-9(7-8)18-11-10(12(19)20)5-2-6-17-11;7-6(9)5-1-3-8-4-2-5/h1-7H,(H,17,18)(H,19,20);1-4H,(H2,7,9). The van der Waals surface area contributed by atoms with Crippen molar-refractivity contribution in [1.82, 2.24) is 9.97 Å². The SMILES string of the molecule is NC(=O)c1ccncc1.O=C(O)c1cccnc1Nc1cccc(C(F)(F)F)c1. The number of hydrogen-bond acceptors (Lipinski definition) is 5. The Morgan fingerprint density at radius 3 is 2.24 bits per heavy atom. The Labute approximate surface area is 163 Å². The molecule has 0 radical (unpaired) electrons. The average molecular weight is 404 g/mol. The zero-order valence-electron chi connectivity index (χ0n) is 14.7. The molecular formula is C19H15F3N4O3. The van der Waals surface area contributed by atoms with Crippen LogP contribution in [-0.2, 0) is 6.18 Å². The summed E-state index contributed by atoms with van der Waals surface area (Å²) in [6.45, 7) is 0. The number of aromatic nitrogens is 2. The number of benzene rings is 1. The van der Waals surface area contributed by atoms with Crippen molar-refractivity contribution in [2.75, 3.05) is 5.32 Å². The van der Waals surface area contributed by atoms with Crippen LogP contribution in [0.25, 0.3) is 0 Å². The van der Waals surface area contributed by atoms with E-state index in [4.69, 9.17) is 10.8 Å². The first-order valence-electron chi connectivity index (χ1n) is 8.01. The molecule has 0 spiro atoms. The molecule has 10 heteroatoms. The van der Waals surface area contributed by atoms with Gasteiger partial charge in [-0.2, -0.15) is 13.2 Å². The minimum atomic E-state index is -4.46. The summed E-state index contributed by atoms with van der Waals surface area (Å²) in [4.78, 5) is 28.9. The number of alkyl halides is 3. The number of aromatic carboxylic acids is 1. The maximum Gasteiger partial charge on any atom is 0.416 e. The highest BCUT2D eigenvalue weighted by Crippen LogP contribution is 2.31. The Morgan fingerprint density at radius 1 is 1.00 bits per heavy atom. The number of nitrogens with one attached hydrogen (secondary N) is 1. The van der Waals surface area contributed by atoms with Gasteiger partial charge in [0, 0.05) is 29.8 Å². The molecule has 3 aromatic rings. The maximum atomic E-state index is 12.6. The van der Waals surface area contributed by atoms with Crippen LogP contribution in [0, 0.1) is 0 Å². The first-order chi connectivity index (χ1) is 13.7. The second-order valence-corrected chi connectivity index (χ2v) is 5.51. The lowest BCUT2D eigenvalue weighted by molar-refractivity contribution is -0.137. The molecule has 0 atom stereocenters. The number of halogens is 3. The van der Waals surface area contributed by atoms with Gasteiger partial charge in [0.25, 0.3) is 0 Å². The van der Waals surface area contributed by atoms with E-state index in [0.29, 0.717) is 5.56 Å². The fourth-order valence-corrected chi connectivity index (χ4v) is 2.10. The van der Waals surface area contributed by atoms with E-state index in [1.54, 1.807) is 12.1 Å². The summed E-state index contributed by atoms with van der Waals surface area (Å²) in [5, 5.41) is 11.5. The molecule has 2 heterocycles. The van der Waals surface area contributed by atoms with Crippen molar-refractivity contribution in [3.63, 3.8) is 0 Å². The number of pyridine rings is 2. The molecule has 0 aliphatic heterocycles. The number of hydrogen-bond donors (Lipinski definition) is 3. The summed E-state index contributed by atoms with van der Waals surface area (Å²) >= 11 is 0. The van der Waals surface area contributed by atoms with Crippen LogP contribution >= 0.6 is 0 Å². The van der Waals surface area contributed by atoms with Gasteiger partial charge in [-0.15, -0.1) is 0 Å². The number of amides is 1. The van der Waals surface area contributed by atoms with Crippen molar-refractivity contribution in [2.45, 2.75) is 6.18 Å². The largest absolute Gasteiger partial charge is 0.478 e. The number of nitrogens with zero attached hydrogens (tertiary/aromatic N) is 2.